The van der Waals surface area contributed by atoms with Crippen molar-refractivity contribution in [1.82, 2.24) is 0 Å². The Morgan fingerprint density at radius 1 is 0.966 bits per heavy atom. The van der Waals surface area contributed by atoms with Crippen LogP contribution in [0.4, 0.5) is 11.4 Å². The monoisotopic (exact) mass is 448 g/mol. The second-order valence-corrected chi connectivity index (χ2v) is 8.99. The maximum atomic E-state index is 13.3. The van der Waals surface area contributed by atoms with Crippen LogP contribution in [0.5, 0.6) is 0 Å². The van der Waals surface area contributed by atoms with Crippen LogP contribution in [-0.4, -0.2) is 20.9 Å². The zero-order valence-corrected chi connectivity index (χ0v) is 17.8. The summed E-state index contributed by atoms with van der Waals surface area (Å²) in [5, 5.41) is 3.50. The zero-order chi connectivity index (χ0) is 21.0. The highest BCUT2D eigenvalue weighted by Gasteiger charge is 2.28. The Balaban J connectivity index is 1.96. The molecule has 29 heavy (non-hydrogen) atoms. The van der Waals surface area contributed by atoms with Crippen molar-refractivity contribution in [2.75, 3.05) is 16.2 Å². The molecule has 3 aromatic rings. The third-order valence-electron chi connectivity index (χ3n) is 4.20. The van der Waals surface area contributed by atoms with E-state index >= 15 is 0 Å². The molecule has 0 fully saturated rings. The number of anilines is 2. The van der Waals surface area contributed by atoms with E-state index in [1.807, 2.05) is 0 Å². The molecule has 150 valence electrons. The molecular weight excluding hydrogens is 431 g/mol. The summed E-state index contributed by atoms with van der Waals surface area (Å²) in [5.41, 5.74) is 1.54. The fourth-order valence-electron chi connectivity index (χ4n) is 2.76. The summed E-state index contributed by atoms with van der Waals surface area (Å²) >= 11 is 12.2. The number of para-hydroxylation sites is 1. The van der Waals surface area contributed by atoms with Gasteiger partial charge in [-0.25, -0.2) is 8.42 Å². The van der Waals surface area contributed by atoms with Crippen LogP contribution >= 0.6 is 23.2 Å². The van der Waals surface area contributed by atoms with Gasteiger partial charge in [0.1, 0.15) is 6.54 Å². The Morgan fingerprint density at radius 3 is 2.28 bits per heavy atom. The Morgan fingerprint density at radius 2 is 1.62 bits per heavy atom. The predicted molar refractivity (Wildman–Crippen MR) is 117 cm³/mol. The van der Waals surface area contributed by atoms with Gasteiger partial charge >= 0.3 is 0 Å². The molecule has 3 aromatic carbocycles. The van der Waals surface area contributed by atoms with Gasteiger partial charge in [-0.15, -0.1) is 0 Å². The smallest absolute Gasteiger partial charge is 0.264 e. The number of hydrogen-bond donors (Lipinski definition) is 1. The van der Waals surface area contributed by atoms with Crippen LogP contribution in [0.15, 0.2) is 77.7 Å². The van der Waals surface area contributed by atoms with Crippen LogP contribution in [0, 0.1) is 6.92 Å². The van der Waals surface area contributed by atoms with Crippen LogP contribution in [0.25, 0.3) is 0 Å². The Hall–Kier alpha value is -2.54. The molecule has 0 spiro atoms. The highest BCUT2D eigenvalue weighted by molar-refractivity contribution is 7.92. The first kappa shape index (κ1) is 21.2. The Labute approximate surface area is 179 Å². The molecule has 8 heteroatoms. The SMILES string of the molecule is Cc1cc(Cl)ccc1NC(=O)CN(c1ccccc1Cl)S(=O)(=O)c1ccccc1. The van der Waals surface area contributed by atoms with Crippen molar-refractivity contribution in [2.45, 2.75) is 11.8 Å². The summed E-state index contributed by atoms with van der Waals surface area (Å²) in [5.74, 6) is -0.505. The van der Waals surface area contributed by atoms with Gasteiger partial charge in [-0.3, -0.25) is 9.10 Å². The lowest BCUT2D eigenvalue weighted by molar-refractivity contribution is -0.114. The molecule has 0 aliphatic rings. The lowest BCUT2D eigenvalue weighted by Crippen LogP contribution is -2.38. The van der Waals surface area contributed by atoms with E-state index in [0.717, 1.165) is 9.87 Å². The highest BCUT2D eigenvalue weighted by Crippen LogP contribution is 2.30. The van der Waals surface area contributed by atoms with Gasteiger partial charge in [0.15, 0.2) is 0 Å². The topological polar surface area (TPSA) is 66.5 Å². The van der Waals surface area contributed by atoms with E-state index in [2.05, 4.69) is 5.32 Å². The van der Waals surface area contributed by atoms with Crippen LogP contribution in [-0.2, 0) is 14.8 Å². The minimum absolute atomic E-state index is 0.0652. The largest absolute Gasteiger partial charge is 0.324 e. The maximum absolute atomic E-state index is 13.3. The number of carbonyl (C=O) groups is 1. The molecular formula is C21H18Cl2N2O3S. The van der Waals surface area contributed by atoms with E-state index in [1.165, 1.54) is 12.1 Å². The third-order valence-corrected chi connectivity index (χ3v) is 6.53. The van der Waals surface area contributed by atoms with Crippen molar-refractivity contribution in [2.24, 2.45) is 0 Å². The summed E-state index contributed by atoms with van der Waals surface area (Å²) in [6, 6.07) is 19.4. The normalized spacial score (nSPS) is 11.1. The first-order valence-corrected chi connectivity index (χ1v) is 10.9. The highest BCUT2D eigenvalue weighted by atomic mass is 35.5. The number of sulfonamides is 1. The van der Waals surface area contributed by atoms with Crippen molar-refractivity contribution in [3.05, 3.63) is 88.4 Å². The number of aryl methyl sites for hydroxylation is 1. The van der Waals surface area contributed by atoms with Gasteiger partial charge in [-0.05, 0) is 55.0 Å². The van der Waals surface area contributed by atoms with Gasteiger partial charge in [-0.1, -0.05) is 53.5 Å². The Bertz CT molecular complexity index is 1140. The van der Waals surface area contributed by atoms with Crippen LogP contribution < -0.4 is 9.62 Å². The van der Waals surface area contributed by atoms with Crippen molar-refractivity contribution < 1.29 is 13.2 Å². The molecule has 0 bridgehead atoms. The van der Waals surface area contributed by atoms with Crippen molar-refractivity contribution in [1.29, 1.82) is 0 Å². The summed E-state index contributed by atoms with van der Waals surface area (Å²) in [7, 11) is -4.01. The number of benzene rings is 3. The first-order chi connectivity index (χ1) is 13.8. The summed E-state index contributed by atoms with van der Waals surface area (Å²) in [6.45, 7) is 1.36. The Kier molecular flexibility index (Phi) is 6.47. The van der Waals surface area contributed by atoms with E-state index < -0.39 is 22.5 Å². The summed E-state index contributed by atoms with van der Waals surface area (Å²) < 4.78 is 27.5. The minimum atomic E-state index is -4.01. The number of nitrogens with one attached hydrogen (secondary N) is 1. The molecule has 3 rings (SSSR count). The maximum Gasteiger partial charge on any atom is 0.264 e. The molecule has 0 saturated heterocycles. The van der Waals surface area contributed by atoms with E-state index in [0.29, 0.717) is 10.7 Å². The molecule has 0 heterocycles. The van der Waals surface area contributed by atoms with Crippen molar-refractivity contribution in [3.63, 3.8) is 0 Å². The van der Waals surface area contributed by atoms with Gasteiger partial charge in [0.05, 0.1) is 15.6 Å². The first-order valence-electron chi connectivity index (χ1n) is 8.67. The number of amides is 1. The average Bonchev–Trinajstić information content (AvgIpc) is 2.69. The van der Waals surface area contributed by atoms with Gasteiger partial charge < -0.3 is 5.32 Å². The lowest BCUT2D eigenvalue weighted by Gasteiger charge is -2.25. The molecule has 1 N–H and O–H groups in total. The molecule has 0 atom stereocenters. The number of rotatable bonds is 6. The number of carbonyl (C=O) groups excluding carboxylic acids is 1. The van der Waals surface area contributed by atoms with Crippen molar-refractivity contribution in [3.8, 4) is 0 Å². The van der Waals surface area contributed by atoms with Gasteiger partial charge in [0.2, 0.25) is 5.91 Å². The average molecular weight is 449 g/mol. The molecule has 0 saturated carbocycles. The van der Waals surface area contributed by atoms with Gasteiger partial charge in [0.25, 0.3) is 10.0 Å². The quantitative estimate of drug-likeness (QED) is 0.567. The molecule has 0 aliphatic heterocycles. The molecule has 0 radical (unpaired) electrons. The zero-order valence-electron chi connectivity index (χ0n) is 15.5. The van der Waals surface area contributed by atoms with Crippen LogP contribution in [0.3, 0.4) is 0 Å². The fraction of sp³-hybridized carbons (Fsp3) is 0.0952. The summed E-state index contributed by atoms with van der Waals surface area (Å²) in [4.78, 5) is 12.8. The molecule has 0 aliphatic carbocycles. The van der Waals surface area contributed by atoms with E-state index in [9.17, 15) is 13.2 Å². The minimum Gasteiger partial charge on any atom is -0.324 e. The van der Waals surface area contributed by atoms with E-state index in [1.54, 1.807) is 67.6 Å². The van der Waals surface area contributed by atoms with E-state index in [-0.39, 0.29) is 15.6 Å². The fourth-order valence-corrected chi connectivity index (χ4v) is 4.74. The predicted octanol–water partition coefficient (Wildman–Crippen LogP) is 5.14. The number of nitrogens with zero attached hydrogens (tertiary/aromatic N) is 1. The molecule has 5 nitrogen and oxygen atoms in total. The molecule has 0 unspecified atom stereocenters. The second-order valence-electron chi connectivity index (χ2n) is 6.28. The van der Waals surface area contributed by atoms with Crippen LogP contribution in [0.1, 0.15) is 5.56 Å². The van der Waals surface area contributed by atoms with E-state index in [4.69, 9.17) is 23.2 Å². The number of halogens is 2. The lowest BCUT2D eigenvalue weighted by atomic mass is 10.2. The standard InChI is InChI=1S/C21H18Cl2N2O3S/c1-15-13-16(22)11-12-19(15)24-21(26)14-25(20-10-6-5-9-18(20)23)29(27,28)17-7-3-2-4-8-17/h2-13H,14H2,1H3,(H,24,26). The molecule has 1 amide bonds. The van der Waals surface area contributed by atoms with Gasteiger partial charge in [-0.2, -0.15) is 0 Å². The third kappa shape index (κ3) is 4.90. The van der Waals surface area contributed by atoms with Gasteiger partial charge in [0, 0.05) is 10.7 Å². The van der Waals surface area contributed by atoms with Crippen LogP contribution in [0.2, 0.25) is 10.0 Å². The number of hydrogen-bond acceptors (Lipinski definition) is 3. The molecule has 0 aromatic heterocycles. The second kappa shape index (κ2) is 8.86. The summed E-state index contributed by atoms with van der Waals surface area (Å²) in [6.07, 6.45) is 0. The van der Waals surface area contributed by atoms with Crippen molar-refractivity contribution >= 4 is 50.5 Å².